The lowest BCUT2D eigenvalue weighted by Gasteiger charge is -1.99. The molecule has 0 spiro atoms. The third-order valence-corrected chi connectivity index (χ3v) is 2.45. The molecule has 1 heterocycles. The first-order valence-corrected chi connectivity index (χ1v) is 5.04. The maximum atomic E-state index is 12.9. The number of hydrogen-bond acceptors (Lipinski definition) is 2. The van der Waals surface area contributed by atoms with Crippen molar-refractivity contribution in [2.24, 2.45) is 5.73 Å². The summed E-state index contributed by atoms with van der Waals surface area (Å²) < 4.78 is 13.7. The number of aromatic amines is 1. The van der Waals surface area contributed by atoms with E-state index >= 15 is 0 Å². The lowest BCUT2D eigenvalue weighted by atomic mass is 10.2. The quantitative estimate of drug-likeness (QED) is 0.372. The fourth-order valence-corrected chi connectivity index (χ4v) is 1.42. The van der Waals surface area contributed by atoms with Gasteiger partial charge in [-0.15, -0.1) is 0 Å². The van der Waals surface area contributed by atoms with Crippen LogP contribution in [-0.4, -0.2) is 15.3 Å². The summed E-state index contributed by atoms with van der Waals surface area (Å²) >= 11 is 3.76. The van der Waals surface area contributed by atoms with Crippen molar-refractivity contribution < 1.29 is 9.18 Å². The average molecular weight is 249 g/mol. The van der Waals surface area contributed by atoms with Crippen LogP contribution in [0.25, 0.3) is 10.9 Å². The normalized spacial score (nSPS) is 9.76. The van der Waals surface area contributed by atoms with Crippen molar-refractivity contribution in [3.05, 3.63) is 35.8 Å². The number of primary amides is 1. The van der Waals surface area contributed by atoms with Crippen molar-refractivity contribution in [2.75, 3.05) is 0 Å². The van der Waals surface area contributed by atoms with E-state index in [9.17, 15) is 9.18 Å². The van der Waals surface area contributed by atoms with E-state index in [-0.39, 0.29) is 5.82 Å². The fraction of sp³-hybridized carbons (Fsp3) is 0. The third kappa shape index (κ3) is 2.34. The van der Waals surface area contributed by atoms with Crippen LogP contribution in [0.4, 0.5) is 9.18 Å². The lowest BCUT2D eigenvalue weighted by molar-refractivity contribution is 0.243. The minimum absolute atomic E-state index is 0.327. The van der Waals surface area contributed by atoms with E-state index in [0.717, 1.165) is 9.69 Å². The van der Waals surface area contributed by atoms with Gasteiger partial charge in [-0.3, -0.25) is 0 Å². The van der Waals surface area contributed by atoms with Crippen LogP contribution in [0.2, 0.25) is 0 Å². The van der Waals surface area contributed by atoms with Gasteiger partial charge >= 0.3 is 6.03 Å². The van der Waals surface area contributed by atoms with Gasteiger partial charge in [0.2, 0.25) is 0 Å². The Labute approximate surface area is 102 Å². The Hall–Kier alpha value is -2.13. The Morgan fingerprint density at radius 1 is 1.53 bits per heavy atom. The zero-order valence-corrected chi connectivity index (χ0v) is 9.46. The molecule has 0 atom stereocenters. The van der Waals surface area contributed by atoms with Crippen molar-refractivity contribution in [1.29, 1.82) is 0 Å². The molecule has 4 nitrogen and oxygen atoms in total. The van der Waals surface area contributed by atoms with E-state index in [1.807, 2.05) is 0 Å². The summed E-state index contributed by atoms with van der Waals surface area (Å²) in [6.45, 7) is 0. The van der Waals surface area contributed by atoms with Crippen LogP contribution in [-0.2, 0) is 0 Å². The smallest absolute Gasteiger partial charge is 0.336 e. The van der Waals surface area contributed by atoms with Crippen molar-refractivity contribution in [1.82, 2.24) is 9.29 Å². The van der Waals surface area contributed by atoms with E-state index in [4.69, 9.17) is 5.73 Å². The van der Waals surface area contributed by atoms with Crippen LogP contribution in [0.1, 0.15) is 5.56 Å². The molecule has 0 radical (unpaired) electrons. The Morgan fingerprint density at radius 2 is 2.29 bits per heavy atom. The number of nitrogens with zero attached hydrogens (tertiary/aromatic N) is 1. The van der Waals surface area contributed by atoms with Gasteiger partial charge in [-0.25, -0.2) is 9.18 Å². The topological polar surface area (TPSA) is 62.1 Å². The van der Waals surface area contributed by atoms with E-state index in [0.29, 0.717) is 11.1 Å². The van der Waals surface area contributed by atoms with Gasteiger partial charge in [0.15, 0.2) is 0 Å². The maximum absolute atomic E-state index is 12.9. The number of aromatic nitrogens is 1. The molecule has 17 heavy (non-hydrogen) atoms. The van der Waals surface area contributed by atoms with Gasteiger partial charge in [-0.1, -0.05) is 0 Å². The number of benzene rings is 1. The van der Waals surface area contributed by atoms with Gasteiger partial charge in [0, 0.05) is 23.1 Å². The molecule has 0 aliphatic carbocycles. The second kappa shape index (κ2) is 4.39. The first-order chi connectivity index (χ1) is 8.08. The molecule has 6 heteroatoms. The molecule has 0 bridgehead atoms. The fourth-order valence-electron chi connectivity index (χ4n) is 1.37. The highest BCUT2D eigenvalue weighted by Crippen LogP contribution is 2.18. The predicted molar refractivity (Wildman–Crippen MR) is 65.5 cm³/mol. The number of nitrogens with two attached hydrogens (primary N) is 1. The van der Waals surface area contributed by atoms with E-state index in [2.05, 4.69) is 29.8 Å². The van der Waals surface area contributed by atoms with Crippen molar-refractivity contribution in [3.8, 4) is 12.0 Å². The average Bonchev–Trinajstić information content (AvgIpc) is 2.67. The monoisotopic (exact) mass is 249 g/mol. The maximum Gasteiger partial charge on any atom is 0.336 e. The van der Waals surface area contributed by atoms with Crippen molar-refractivity contribution in [3.63, 3.8) is 0 Å². The minimum atomic E-state index is -0.758. The van der Waals surface area contributed by atoms with Crippen LogP contribution in [0.15, 0.2) is 24.4 Å². The van der Waals surface area contributed by atoms with Gasteiger partial charge in [0.1, 0.15) is 5.82 Å². The molecule has 2 rings (SSSR count). The highest BCUT2D eigenvalue weighted by Gasteiger charge is 2.03. The summed E-state index contributed by atoms with van der Waals surface area (Å²) in [6.07, 6.45) is 1.62. The van der Waals surface area contributed by atoms with Crippen LogP contribution < -0.4 is 5.73 Å². The van der Waals surface area contributed by atoms with Gasteiger partial charge < -0.3 is 10.7 Å². The number of hydrogen-bond donors (Lipinski definition) is 3. The number of carbonyl (C=O) groups excluding carboxylic acids is 1. The van der Waals surface area contributed by atoms with E-state index < -0.39 is 6.03 Å². The summed E-state index contributed by atoms with van der Waals surface area (Å²) in [5.74, 6) is 2.39. The molecule has 0 aliphatic rings. The molecule has 0 saturated carbocycles. The molecule has 1 aromatic heterocycles. The van der Waals surface area contributed by atoms with Crippen molar-refractivity contribution in [2.45, 2.75) is 0 Å². The van der Waals surface area contributed by atoms with Crippen LogP contribution in [0.5, 0.6) is 0 Å². The molecular formula is C11H8FN3OS. The van der Waals surface area contributed by atoms with Gasteiger partial charge in [-0.2, -0.15) is 4.31 Å². The summed E-state index contributed by atoms with van der Waals surface area (Å²) in [4.78, 5) is 13.6. The first kappa shape index (κ1) is 11.4. The van der Waals surface area contributed by atoms with Gasteiger partial charge in [0.25, 0.3) is 0 Å². The molecule has 1 aromatic carbocycles. The molecule has 0 unspecified atom stereocenters. The number of fused-ring (bicyclic) bond motifs is 1. The second-order valence-corrected chi connectivity index (χ2v) is 3.68. The van der Waals surface area contributed by atoms with Crippen LogP contribution >= 0.6 is 12.8 Å². The van der Waals surface area contributed by atoms with Gasteiger partial charge in [0.05, 0.1) is 5.56 Å². The number of halogens is 1. The zero-order valence-electron chi connectivity index (χ0n) is 8.57. The van der Waals surface area contributed by atoms with Crippen LogP contribution in [0, 0.1) is 17.8 Å². The summed E-state index contributed by atoms with van der Waals surface area (Å²) in [7, 11) is 0. The molecule has 0 aliphatic heterocycles. The lowest BCUT2D eigenvalue weighted by Crippen LogP contribution is -2.23. The number of urea groups is 1. The van der Waals surface area contributed by atoms with Crippen LogP contribution in [0.3, 0.4) is 0 Å². The molecule has 86 valence electrons. The highest BCUT2D eigenvalue weighted by atomic mass is 32.1. The number of H-pyrrole nitrogens is 1. The summed E-state index contributed by atoms with van der Waals surface area (Å²) in [6, 6.07) is 6.01. The Morgan fingerprint density at radius 3 is 3.00 bits per heavy atom. The standard InChI is InChI=1S/C11H8FN3OS/c12-8-1-2-9-7(6-14-10(9)5-8)3-4-15(17)11(13)16/h1-2,5-6,14,17H,(H2,13,16). The van der Waals surface area contributed by atoms with Gasteiger partial charge in [-0.05, 0) is 36.9 Å². The second-order valence-electron chi connectivity index (χ2n) is 3.28. The summed E-state index contributed by atoms with van der Waals surface area (Å²) in [5, 5.41) is 0.769. The van der Waals surface area contributed by atoms with E-state index in [1.165, 1.54) is 12.1 Å². The Bertz CT molecular complexity index is 641. The molecule has 2 amide bonds. The first-order valence-electron chi connectivity index (χ1n) is 4.64. The third-order valence-electron chi connectivity index (χ3n) is 2.15. The predicted octanol–water partition coefficient (Wildman–Crippen LogP) is 1.84. The highest BCUT2D eigenvalue weighted by molar-refractivity contribution is 7.78. The Kier molecular flexibility index (Phi) is 2.93. The van der Waals surface area contributed by atoms with E-state index in [1.54, 1.807) is 12.3 Å². The largest absolute Gasteiger partial charge is 0.360 e. The zero-order chi connectivity index (χ0) is 12.4. The molecule has 2 aromatic rings. The number of nitrogens with one attached hydrogen (secondary N) is 1. The minimum Gasteiger partial charge on any atom is -0.360 e. The molecule has 0 fully saturated rings. The number of rotatable bonds is 0. The Balaban J connectivity index is 2.40. The molecule has 3 N–H and O–H groups in total. The molecule has 0 saturated heterocycles. The number of thiol groups is 1. The SMILES string of the molecule is NC(=O)N(S)C#Cc1c[nH]c2cc(F)ccc12. The number of amides is 2. The summed E-state index contributed by atoms with van der Waals surface area (Å²) in [5.41, 5.74) is 6.24. The van der Waals surface area contributed by atoms with Crippen molar-refractivity contribution >= 4 is 29.7 Å². The number of carbonyl (C=O) groups is 1. The molecular weight excluding hydrogens is 241 g/mol.